The molecule has 0 aliphatic rings. The van der Waals surface area contributed by atoms with Crippen LogP contribution < -0.4 is 10.6 Å². The maximum Gasteiger partial charge on any atom is 0.313 e. The molecule has 0 aliphatic heterocycles. The largest absolute Gasteiger partial charge is 0.343 e. The van der Waals surface area contributed by atoms with Gasteiger partial charge in [-0.25, -0.2) is 0 Å². The van der Waals surface area contributed by atoms with E-state index in [-0.39, 0.29) is 5.41 Å². The standard InChI is InChI=1S/C17H26N2O2/c1-12-9-7-8-10-13(12)18-14(20)15(21)19-17(5,6)11-16(2,3)4/h7-10H,11H2,1-6H3,(H,18,20)(H,19,21). The van der Waals surface area contributed by atoms with E-state index in [2.05, 4.69) is 31.4 Å². The second kappa shape index (κ2) is 6.29. The Morgan fingerprint density at radius 1 is 1.00 bits per heavy atom. The van der Waals surface area contributed by atoms with Crippen molar-refractivity contribution in [2.24, 2.45) is 5.41 Å². The monoisotopic (exact) mass is 290 g/mol. The number of carbonyl (C=O) groups excluding carboxylic acids is 2. The highest BCUT2D eigenvalue weighted by Crippen LogP contribution is 2.26. The molecule has 0 fully saturated rings. The molecule has 0 atom stereocenters. The molecular formula is C17H26N2O2. The van der Waals surface area contributed by atoms with Crippen LogP contribution in [0.3, 0.4) is 0 Å². The van der Waals surface area contributed by atoms with E-state index in [9.17, 15) is 9.59 Å². The normalized spacial score (nSPS) is 11.9. The molecule has 0 bridgehead atoms. The van der Waals surface area contributed by atoms with Crippen LogP contribution in [0.2, 0.25) is 0 Å². The molecule has 4 nitrogen and oxygen atoms in total. The minimum atomic E-state index is -0.633. The fourth-order valence-electron chi connectivity index (χ4n) is 2.63. The third-order valence-electron chi connectivity index (χ3n) is 3.02. The Morgan fingerprint density at radius 2 is 1.57 bits per heavy atom. The van der Waals surface area contributed by atoms with E-state index >= 15 is 0 Å². The van der Waals surface area contributed by atoms with Crippen LogP contribution in [0, 0.1) is 12.3 Å². The maximum atomic E-state index is 12.0. The number of nitrogens with one attached hydrogen (secondary N) is 2. The van der Waals surface area contributed by atoms with E-state index < -0.39 is 17.4 Å². The number of hydrogen-bond acceptors (Lipinski definition) is 2. The number of para-hydroxylation sites is 1. The van der Waals surface area contributed by atoms with Gasteiger partial charge in [0.1, 0.15) is 0 Å². The Labute approximate surface area is 127 Å². The maximum absolute atomic E-state index is 12.0. The van der Waals surface area contributed by atoms with Crippen molar-refractivity contribution in [2.45, 2.75) is 53.5 Å². The van der Waals surface area contributed by atoms with Crippen molar-refractivity contribution >= 4 is 17.5 Å². The van der Waals surface area contributed by atoms with E-state index in [1.807, 2.05) is 39.0 Å². The zero-order chi connectivity index (χ0) is 16.3. The summed E-state index contributed by atoms with van der Waals surface area (Å²) in [6.07, 6.45) is 0.781. The fourth-order valence-corrected chi connectivity index (χ4v) is 2.63. The predicted molar refractivity (Wildman–Crippen MR) is 86.1 cm³/mol. The Kier molecular flexibility index (Phi) is 5.15. The summed E-state index contributed by atoms with van der Waals surface area (Å²) in [7, 11) is 0. The number of carbonyl (C=O) groups is 2. The SMILES string of the molecule is Cc1ccccc1NC(=O)C(=O)NC(C)(C)CC(C)(C)C. The lowest BCUT2D eigenvalue weighted by Crippen LogP contribution is -2.49. The average molecular weight is 290 g/mol. The van der Waals surface area contributed by atoms with Crippen molar-refractivity contribution in [3.05, 3.63) is 29.8 Å². The molecule has 0 heterocycles. The Hall–Kier alpha value is -1.84. The first-order chi connectivity index (χ1) is 9.50. The molecule has 0 spiro atoms. The molecule has 0 saturated carbocycles. The van der Waals surface area contributed by atoms with E-state index in [0.717, 1.165) is 12.0 Å². The molecule has 2 amide bonds. The topological polar surface area (TPSA) is 58.2 Å². The molecule has 4 heteroatoms. The van der Waals surface area contributed by atoms with Gasteiger partial charge in [0, 0.05) is 11.2 Å². The summed E-state index contributed by atoms with van der Waals surface area (Å²) >= 11 is 0. The third kappa shape index (κ3) is 5.98. The van der Waals surface area contributed by atoms with Gasteiger partial charge >= 0.3 is 11.8 Å². The highest BCUT2D eigenvalue weighted by molar-refractivity contribution is 6.39. The number of aryl methyl sites for hydroxylation is 1. The summed E-state index contributed by atoms with van der Waals surface area (Å²) in [5, 5.41) is 5.45. The van der Waals surface area contributed by atoms with E-state index in [1.54, 1.807) is 6.07 Å². The lowest BCUT2D eigenvalue weighted by Gasteiger charge is -2.33. The lowest BCUT2D eigenvalue weighted by atomic mass is 9.82. The molecule has 0 saturated heterocycles. The van der Waals surface area contributed by atoms with Crippen molar-refractivity contribution in [2.75, 3.05) is 5.32 Å². The van der Waals surface area contributed by atoms with Crippen LogP contribution in [0.25, 0.3) is 0 Å². The summed E-state index contributed by atoms with van der Waals surface area (Å²) < 4.78 is 0. The molecule has 2 N–H and O–H groups in total. The molecule has 1 rings (SSSR count). The van der Waals surface area contributed by atoms with Gasteiger partial charge in [-0.05, 0) is 44.2 Å². The summed E-state index contributed by atoms with van der Waals surface area (Å²) in [4.78, 5) is 24.0. The number of rotatable bonds is 3. The first-order valence-corrected chi connectivity index (χ1v) is 7.19. The molecule has 1 aromatic carbocycles. The highest BCUT2D eigenvalue weighted by Gasteiger charge is 2.29. The zero-order valence-electron chi connectivity index (χ0n) is 13.8. The van der Waals surface area contributed by atoms with Gasteiger partial charge in [-0.1, -0.05) is 39.0 Å². The van der Waals surface area contributed by atoms with Crippen molar-refractivity contribution in [1.82, 2.24) is 5.32 Å². The second-order valence-electron chi connectivity index (χ2n) is 7.34. The summed E-state index contributed by atoms with van der Waals surface area (Å²) in [6.45, 7) is 12.1. The molecule has 1 aromatic rings. The minimum absolute atomic E-state index is 0.0727. The van der Waals surface area contributed by atoms with Gasteiger partial charge in [0.2, 0.25) is 0 Å². The molecule has 21 heavy (non-hydrogen) atoms. The van der Waals surface area contributed by atoms with Crippen molar-refractivity contribution in [3.8, 4) is 0 Å². The van der Waals surface area contributed by atoms with Crippen molar-refractivity contribution in [3.63, 3.8) is 0 Å². The fraction of sp³-hybridized carbons (Fsp3) is 0.529. The first-order valence-electron chi connectivity index (χ1n) is 7.19. The Balaban J connectivity index is 2.67. The summed E-state index contributed by atoms with van der Waals surface area (Å²) in [5.74, 6) is -1.24. The van der Waals surface area contributed by atoms with Crippen LogP contribution in [0.5, 0.6) is 0 Å². The number of hydrogen-bond donors (Lipinski definition) is 2. The summed E-state index contributed by atoms with van der Waals surface area (Å²) in [6, 6.07) is 7.37. The minimum Gasteiger partial charge on any atom is -0.343 e. The molecular weight excluding hydrogens is 264 g/mol. The van der Waals surface area contributed by atoms with Gasteiger partial charge in [0.05, 0.1) is 0 Å². The van der Waals surface area contributed by atoms with Crippen LogP contribution in [-0.2, 0) is 9.59 Å². The number of amides is 2. The molecule has 116 valence electrons. The Morgan fingerprint density at radius 3 is 2.10 bits per heavy atom. The van der Waals surface area contributed by atoms with E-state index in [0.29, 0.717) is 5.69 Å². The predicted octanol–water partition coefficient (Wildman–Crippen LogP) is 3.26. The average Bonchev–Trinajstić information content (AvgIpc) is 2.28. The smallest absolute Gasteiger partial charge is 0.313 e. The Bertz CT molecular complexity index is 528. The number of benzene rings is 1. The quantitative estimate of drug-likeness (QED) is 0.839. The molecule has 0 aromatic heterocycles. The lowest BCUT2D eigenvalue weighted by molar-refractivity contribution is -0.137. The van der Waals surface area contributed by atoms with Crippen molar-refractivity contribution < 1.29 is 9.59 Å². The van der Waals surface area contributed by atoms with Gasteiger partial charge in [-0.2, -0.15) is 0 Å². The van der Waals surface area contributed by atoms with Crippen LogP contribution >= 0.6 is 0 Å². The van der Waals surface area contributed by atoms with Crippen molar-refractivity contribution in [1.29, 1.82) is 0 Å². The molecule has 0 radical (unpaired) electrons. The highest BCUT2D eigenvalue weighted by atomic mass is 16.2. The van der Waals surface area contributed by atoms with Crippen LogP contribution in [0.4, 0.5) is 5.69 Å². The second-order valence-corrected chi connectivity index (χ2v) is 7.34. The first kappa shape index (κ1) is 17.2. The van der Waals surface area contributed by atoms with Gasteiger partial charge in [0.25, 0.3) is 0 Å². The van der Waals surface area contributed by atoms with Gasteiger partial charge in [0.15, 0.2) is 0 Å². The van der Waals surface area contributed by atoms with Gasteiger partial charge < -0.3 is 10.6 Å². The van der Waals surface area contributed by atoms with Crippen LogP contribution in [-0.4, -0.2) is 17.4 Å². The third-order valence-corrected chi connectivity index (χ3v) is 3.02. The molecule has 0 unspecified atom stereocenters. The van der Waals surface area contributed by atoms with Crippen LogP contribution in [0.1, 0.15) is 46.6 Å². The van der Waals surface area contributed by atoms with Gasteiger partial charge in [-0.3, -0.25) is 9.59 Å². The zero-order valence-corrected chi connectivity index (χ0v) is 13.8. The molecule has 0 aliphatic carbocycles. The number of anilines is 1. The van der Waals surface area contributed by atoms with E-state index in [1.165, 1.54) is 0 Å². The van der Waals surface area contributed by atoms with Crippen LogP contribution in [0.15, 0.2) is 24.3 Å². The van der Waals surface area contributed by atoms with E-state index in [4.69, 9.17) is 0 Å². The summed E-state index contributed by atoms with van der Waals surface area (Å²) in [5.41, 5.74) is 1.22. The van der Waals surface area contributed by atoms with Gasteiger partial charge in [-0.15, -0.1) is 0 Å².